The van der Waals surface area contributed by atoms with Crippen molar-refractivity contribution in [3.8, 4) is 0 Å². The van der Waals surface area contributed by atoms with Gasteiger partial charge in [-0.05, 0) is 18.6 Å². The van der Waals surface area contributed by atoms with Crippen molar-refractivity contribution >= 4 is 5.82 Å². The van der Waals surface area contributed by atoms with E-state index in [1.807, 2.05) is 24.0 Å². The molecule has 4 heteroatoms. The summed E-state index contributed by atoms with van der Waals surface area (Å²) in [6, 6.07) is 3.69. The van der Waals surface area contributed by atoms with Gasteiger partial charge < -0.3 is 15.1 Å². The number of anilines is 1. The first-order chi connectivity index (χ1) is 6.81. The van der Waals surface area contributed by atoms with Crippen LogP contribution in [0.25, 0.3) is 0 Å². The molecular formula is C10H16N2O2. The fraction of sp³-hybridized carbons (Fsp3) is 0.500. The molecule has 1 heterocycles. The maximum Gasteiger partial charge on any atom is 0.128 e. The monoisotopic (exact) mass is 196 g/mol. The molecule has 0 saturated carbocycles. The van der Waals surface area contributed by atoms with Crippen LogP contribution in [-0.2, 0) is 6.61 Å². The van der Waals surface area contributed by atoms with Crippen molar-refractivity contribution in [2.45, 2.75) is 13.5 Å². The average molecular weight is 196 g/mol. The zero-order valence-electron chi connectivity index (χ0n) is 8.35. The summed E-state index contributed by atoms with van der Waals surface area (Å²) in [7, 11) is 0. The average Bonchev–Trinajstić information content (AvgIpc) is 2.26. The lowest BCUT2D eigenvalue weighted by Crippen LogP contribution is -2.26. The maximum absolute atomic E-state index is 8.83. The molecule has 0 atom stereocenters. The van der Waals surface area contributed by atoms with Gasteiger partial charge in [-0.1, -0.05) is 6.07 Å². The minimum atomic E-state index is 0.0133. The summed E-state index contributed by atoms with van der Waals surface area (Å²) in [5.74, 6) is 0.832. The fourth-order valence-corrected chi connectivity index (χ4v) is 1.25. The van der Waals surface area contributed by atoms with E-state index >= 15 is 0 Å². The number of likely N-dealkylation sites (N-methyl/N-ethyl adjacent to an activating group) is 1. The van der Waals surface area contributed by atoms with Crippen molar-refractivity contribution < 1.29 is 10.2 Å². The predicted molar refractivity (Wildman–Crippen MR) is 55.1 cm³/mol. The van der Waals surface area contributed by atoms with Gasteiger partial charge in [0.1, 0.15) is 5.82 Å². The second-order valence-corrected chi connectivity index (χ2v) is 2.99. The van der Waals surface area contributed by atoms with Crippen molar-refractivity contribution in [1.82, 2.24) is 4.98 Å². The zero-order valence-corrected chi connectivity index (χ0v) is 8.35. The molecule has 0 amide bonds. The Balaban J connectivity index is 2.73. The molecule has 0 radical (unpaired) electrons. The van der Waals surface area contributed by atoms with Crippen LogP contribution in [0.15, 0.2) is 18.3 Å². The summed E-state index contributed by atoms with van der Waals surface area (Å²) in [6.45, 7) is 3.54. The molecule has 78 valence electrons. The van der Waals surface area contributed by atoms with Gasteiger partial charge in [-0.3, -0.25) is 0 Å². The molecule has 4 nitrogen and oxygen atoms in total. The van der Waals surface area contributed by atoms with E-state index in [2.05, 4.69) is 4.98 Å². The van der Waals surface area contributed by atoms with Gasteiger partial charge in [0.15, 0.2) is 0 Å². The zero-order chi connectivity index (χ0) is 10.4. The Hall–Kier alpha value is -1.13. The first-order valence-electron chi connectivity index (χ1n) is 4.73. The van der Waals surface area contributed by atoms with Crippen LogP contribution in [-0.4, -0.2) is 34.9 Å². The van der Waals surface area contributed by atoms with Crippen LogP contribution in [0.1, 0.15) is 12.5 Å². The van der Waals surface area contributed by atoms with Gasteiger partial charge in [0.2, 0.25) is 0 Å². The highest BCUT2D eigenvalue weighted by atomic mass is 16.3. The Kier molecular flexibility index (Phi) is 4.35. The highest BCUT2D eigenvalue weighted by Gasteiger charge is 2.03. The van der Waals surface area contributed by atoms with Crippen molar-refractivity contribution in [3.63, 3.8) is 0 Å². The molecule has 0 aliphatic rings. The fourth-order valence-electron chi connectivity index (χ4n) is 1.25. The highest BCUT2D eigenvalue weighted by molar-refractivity contribution is 5.38. The lowest BCUT2D eigenvalue weighted by atomic mass is 10.3. The second kappa shape index (κ2) is 5.57. The predicted octanol–water partition coefficient (Wildman–Crippen LogP) is 0.392. The van der Waals surface area contributed by atoms with E-state index in [-0.39, 0.29) is 13.2 Å². The number of hydrogen-bond donors (Lipinski definition) is 2. The van der Waals surface area contributed by atoms with E-state index in [1.165, 1.54) is 0 Å². The lowest BCUT2D eigenvalue weighted by Gasteiger charge is -2.20. The smallest absolute Gasteiger partial charge is 0.128 e. The highest BCUT2D eigenvalue weighted by Crippen LogP contribution is 2.10. The van der Waals surface area contributed by atoms with Crippen molar-refractivity contribution in [2.75, 3.05) is 24.6 Å². The standard InChI is InChI=1S/C10H16N2O2/c1-2-12(5-6-13)10-4-3-9(8-14)7-11-10/h3-4,7,13-14H,2,5-6,8H2,1H3. The summed E-state index contributed by atoms with van der Waals surface area (Å²) in [6.07, 6.45) is 1.65. The number of pyridine rings is 1. The summed E-state index contributed by atoms with van der Waals surface area (Å²) in [5.41, 5.74) is 0.800. The van der Waals surface area contributed by atoms with E-state index in [0.29, 0.717) is 6.54 Å². The van der Waals surface area contributed by atoms with Crippen LogP contribution >= 0.6 is 0 Å². The molecular weight excluding hydrogens is 180 g/mol. The van der Waals surface area contributed by atoms with Crippen molar-refractivity contribution in [1.29, 1.82) is 0 Å². The normalized spacial score (nSPS) is 10.2. The van der Waals surface area contributed by atoms with Crippen molar-refractivity contribution in [3.05, 3.63) is 23.9 Å². The van der Waals surface area contributed by atoms with Crippen molar-refractivity contribution in [2.24, 2.45) is 0 Å². The Morgan fingerprint density at radius 2 is 2.14 bits per heavy atom. The first kappa shape index (κ1) is 10.9. The third-order valence-electron chi connectivity index (χ3n) is 2.07. The molecule has 0 bridgehead atoms. The molecule has 2 N–H and O–H groups in total. The number of aliphatic hydroxyl groups is 2. The minimum absolute atomic E-state index is 0.0133. The van der Waals surface area contributed by atoms with Crippen LogP contribution in [0.5, 0.6) is 0 Å². The number of aromatic nitrogens is 1. The summed E-state index contributed by atoms with van der Waals surface area (Å²) < 4.78 is 0. The molecule has 0 aliphatic carbocycles. The quantitative estimate of drug-likeness (QED) is 0.715. The molecule has 14 heavy (non-hydrogen) atoms. The molecule has 0 saturated heterocycles. The number of hydrogen-bond acceptors (Lipinski definition) is 4. The third kappa shape index (κ3) is 2.68. The van der Waals surface area contributed by atoms with Crippen LogP contribution in [0.2, 0.25) is 0 Å². The topological polar surface area (TPSA) is 56.6 Å². The summed E-state index contributed by atoms with van der Waals surface area (Å²) in [5, 5.41) is 17.7. The minimum Gasteiger partial charge on any atom is -0.395 e. The number of aliphatic hydroxyl groups excluding tert-OH is 2. The molecule has 0 aromatic carbocycles. The lowest BCUT2D eigenvalue weighted by molar-refractivity contribution is 0.281. The van der Waals surface area contributed by atoms with E-state index in [9.17, 15) is 0 Å². The van der Waals surface area contributed by atoms with E-state index in [4.69, 9.17) is 10.2 Å². The van der Waals surface area contributed by atoms with Gasteiger partial charge in [-0.25, -0.2) is 4.98 Å². The first-order valence-corrected chi connectivity index (χ1v) is 4.73. The van der Waals surface area contributed by atoms with Gasteiger partial charge >= 0.3 is 0 Å². The Bertz CT molecular complexity index is 261. The molecule has 0 unspecified atom stereocenters. The molecule has 1 aromatic heterocycles. The maximum atomic E-state index is 8.83. The van der Waals surface area contributed by atoms with Crippen LogP contribution in [0, 0.1) is 0 Å². The molecule has 0 spiro atoms. The van der Waals surface area contributed by atoms with Gasteiger partial charge in [0.25, 0.3) is 0 Å². The number of nitrogens with zero attached hydrogens (tertiary/aromatic N) is 2. The van der Waals surface area contributed by atoms with E-state index in [0.717, 1.165) is 17.9 Å². The third-order valence-corrected chi connectivity index (χ3v) is 2.07. The van der Waals surface area contributed by atoms with Crippen LogP contribution in [0.4, 0.5) is 5.82 Å². The molecule has 0 fully saturated rings. The SMILES string of the molecule is CCN(CCO)c1ccc(CO)cn1. The van der Waals surface area contributed by atoms with Gasteiger partial charge in [0.05, 0.1) is 13.2 Å². The molecule has 0 aliphatic heterocycles. The Morgan fingerprint density at radius 3 is 2.57 bits per heavy atom. The Labute approximate surface area is 83.8 Å². The number of rotatable bonds is 5. The van der Waals surface area contributed by atoms with Crippen LogP contribution < -0.4 is 4.90 Å². The summed E-state index contributed by atoms with van der Waals surface area (Å²) >= 11 is 0. The largest absolute Gasteiger partial charge is 0.395 e. The van der Waals surface area contributed by atoms with E-state index in [1.54, 1.807) is 6.20 Å². The van der Waals surface area contributed by atoms with Gasteiger partial charge in [-0.2, -0.15) is 0 Å². The molecule has 1 aromatic rings. The van der Waals surface area contributed by atoms with Crippen LogP contribution in [0.3, 0.4) is 0 Å². The Morgan fingerprint density at radius 1 is 1.36 bits per heavy atom. The van der Waals surface area contributed by atoms with Gasteiger partial charge in [0, 0.05) is 19.3 Å². The summed E-state index contributed by atoms with van der Waals surface area (Å²) in [4.78, 5) is 6.17. The molecule has 1 rings (SSSR count). The van der Waals surface area contributed by atoms with E-state index < -0.39 is 0 Å². The second-order valence-electron chi connectivity index (χ2n) is 2.99. The van der Waals surface area contributed by atoms with Gasteiger partial charge in [-0.15, -0.1) is 0 Å².